The van der Waals surface area contributed by atoms with Crippen molar-refractivity contribution in [2.45, 2.75) is 47.2 Å². The number of amides is 1. The van der Waals surface area contributed by atoms with Gasteiger partial charge in [0.25, 0.3) is 5.91 Å². The fraction of sp³-hybridized carbons (Fsp3) is 0.440. The molecule has 32 heavy (non-hydrogen) atoms. The van der Waals surface area contributed by atoms with Gasteiger partial charge in [0, 0.05) is 18.7 Å². The highest BCUT2D eigenvalue weighted by atomic mass is 16.5. The molecule has 1 unspecified atom stereocenters. The molecule has 0 radical (unpaired) electrons. The number of rotatable bonds is 11. The van der Waals surface area contributed by atoms with Crippen molar-refractivity contribution in [2.75, 3.05) is 26.3 Å². The Balaban J connectivity index is 2.09. The van der Waals surface area contributed by atoms with Gasteiger partial charge in [-0.25, -0.2) is 4.99 Å². The molecular weight excluding hydrogens is 404 g/mol. The number of carbonyl (C=O) groups is 1. The highest BCUT2D eigenvalue weighted by Gasteiger charge is 2.12. The molecule has 0 saturated heterocycles. The molecule has 0 bridgehead atoms. The van der Waals surface area contributed by atoms with E-state index in [1.165, 1.54) is 0 Å². The van der Waals surface area contributed by atoms with Gasteiger partial charge in [0.15, 0.2) is 17.5 Å². The highest BCUT2D eigenvalue weighted by Crippen LogP contribution is 2.30. The fourth-order valence-corrected chi connectivity index (χ4v) is 3.14. The summed E-state index contributed by atoms with van der Waals surface area (Å²) in [5.74, 6) is 2.16. The number of carbonyl (C=O) groups excluding carboxylic acids is 1. The lowest BCUT2D eigenvalue weighted by Gasteiger charge is -2.20. The largest absolute Gasteiger partial charge is 0.490 e. The SMILES string of the molecule is CCNC(=O)c1ccc(CN=C(NCC)NC(C)c2ccc(OCC)c(OCC)c2)cc1. The highest BCUT2D eigenvalue weighted by molar-refractivity contribution is 5.94. The molecule has 0 aliphatic carbocycles. The van der Waals surface area contributed by atoms with Gasteiger partial charge in [0.2, 0.25) is 0 Å². The molecule has 0 saturated carbocycles. The van der Waals surface area contributed by atoms with E-state index >= 15 is 0 Å². The second-order valence-electron chi connectivity index (χ2n) is 7.19. The second kappa shape index (κ2) is 13.2. The minimum atomic E-state index is -0.0619. The van der Waals surface area contributed by atoms with Crippen molar-refractivity contribution < 1.29 is 14.3 Å². The molecule has 3 N–H and O–H groups in total. The van der Waals surface area contributed by atoms with Crippen molar-refractivity contribution in [3.8, 4) is 11.5 Å². The third-order valence-corrected chi connectivity index (χ3v) is 4.74. The monoisotopic (exact) mass is 440 g/mol. The van der Waals surface area contributed by atoms with Crippen LogP contribution in [0.15, 0.2) is 47.5 Å². The van der Waals surface area contributed by atoms with Crippen molar-refractivity contribution in [3.63, 3.8) is 0 Å². The van der Waals surface area contributed by atoms with Crippen LogP contribution in [0.5, 0.6) is 11.5 Å². The van der Waals surface area contributed by atoms with Gasteiger partial charge in [-0.2, -0.15) is 0 Å². The lowest BCUT2D eigenvalue weighted by molar-refractivity contribution is 0.0956. The van der Waals surface area contributed by atoms with Crippen LogP contribution in [0, 0.1) is 0 Å². The van der Waals surface area contributed by atoms with Gasteiger partial charge in [-0.1, -0.05) is 18.2 Å². The quantitative estimate of drug-likeness (QED) is 0.363. The van der Waals surface area contributed by atoms with E-state index in [9.17, 15) is 4.79 Å². The number of hydrogen-bond acceptors (Lipinski definition) is 4. The Hall–Kier alpha value is -3.22. The summed E-state index contributed by atoms with van der Waals surface area (Å²) in [5, 5.41) is 9.54. The summed E-state index contributed by atoms with van der Waals surface area (Å²) in [6.07, 6.45) is 0. The summed E-state index contributed by atoms with van der Waals surface area (Å²) < 4.78 is 11.4. The van der Waals surface area contributed by atoms with E-state index in [1.54, 1.807) is 0 Å². The molecule has 0 aliphatic rings. The molecule has 1 amide bonds. The molecule has 7 heteroatoms. The summed E-state index contributed by atoms with van der Waals surface area (Å²) in [6.45, 7) is 13.0. The number of benzene rings is 2. The van der Waals surface area contributed by atoms with Gasteiger partial charge in [-0.3, -0.25) is 4.79 Å². The maximum absolute atomic E-state index is 11.9. The van der Waals surface area contributed by atoms with Crippen molar-refractivity contribution in [1.82, 2.24) is 16.0 Å². The van der Waals surface area contributed by atoms with E-state index in [0.717, 1.165) is 35.1 Å². The first kappa shape index (κ1) is 25.0. The molecule has 0 spiro atoms. The van der Waals surface area contributed by atoms with Crippen LogP contribution >= 0.6 is 0 Å². The van der Waals surface area contributed by atoms with Crippen molar-refractivity contribution in [2.24, 2.45) is 4.99 Å². The van der Waals surface area contributed by atoms with Crippen LogP contribution in [0.4, 0.5) is 0 Å². The normalized spacial score (nSPS) is 12.1. The van der Waals surface area contributed by atoms with Gasteiger partial charge in [-0.05, 0) is 70.0 Å². The summed E-state index contributed by atoms with van der Waals surface area (Å²) in [6, 6.07) is 13.5. The average Bonchev–Trinajstić information content (AvgIpc) is 2.79. The Morgan fingerprint density at radius 2 is 1.56 bits per heavy atom. The molecular formula is C25H36N4O3. The van der Waals surface area contributed by atoms with Crippen LogP contribution in [0.1, 0.15) is 62.1 Å². The number of aliphatic imine (C=N–C) groups is 1. The van der Waals surface area contributed by atoms with E-state index in [2.05, 4.69) is 22.9 Å². The summed E-state index contributed by atoms with van der Waals surface area (Å²) >= 11 is 0. The first-order valence-electron chi connectivity index (χ1n) is 11.3. The van der Waals surface area contributed by atoms with Crippen molar-refractivity contribution in [1.29, 1.82) is 0 Å². The Labute approximate surface area is 191 Å². The molecule has 2 aromatic carbocycles. The number of guanidine groups is 1. The van der Waals surface area contributed by atoms with Gasteiger partial charge in [-0.15, -0.1) is 0 Å². The van der Waals surface area contributed by atoms with Crippen LogP contribution in [-0.2, 0) is 6.54 Å². The summed E-state index contributed by atoms with van der Waals surface area (Å²) in [4.78, 5) is 16.6. The Bertz CT molecular complexity index is 881. The molecule has 2 aromatic rings. The van der Waals surface area contributed by atoms with Gasteiger partial charge >= 0.3 is 0 Å². The molecule has 2 rings (SSSR count). The lowest BCUT2D eigenvalue weighted by Crippen LogP contribution is -2.38. The van der Waals surface area contributed by atoms with Crippen LogP contribution < -0.4 is 25.4 Å². The van der Waals surface area contributed by atoms with Crippen LogP contribution in [0.3, 0.4) is 0 Å². The number of ether oxygens (including phenoxy) is 2. The minimum absolute atomic E-state index is 0.0165. The van der Waals surface area contributed by atoms with Gasteiger partial charge in [0.1, 0.15) is 0 Å². The van der Waals surface area contributed by atoms with Crippen molar-refractivity contribution in [3.05, 3.63) is 59.2 Å². The van der Waals surface area contributed by atoms with Gasteiger partial charge in [0.05, 0.1) is 25.8 Å². The van der Waals surface area contributed by atoms with E-state index in [0.29, 0.717) is 31.9 Å². The number of nitrogens with one attached hydrogen (secondary N) is 3. The Morgan fingerprint density at radius 3 is 2.19 bits per heavy atom. The second-order valence-corrected chi connectivity index (χ2v) is 7.19. The van der Waals surface area contributed by atoms with E-state index in [1.807, 2.05) is 70.2 Å². The maximum atomic E-state index is 11.9. The molecule has 0 heterocycles. The van der Waals surface area contributed by atoms with Crippen LogP contribution in [-0.4, -0.2) is 38.2 Å². The molecule has 7 nitrogen and oxygen atoms in total. The Morgan fingerprint density at radius 1 is 0.906 bits per heavy atom. The zero-order valence-electron chi connectivity index (χ0n) is 19.8. The predicted octanol–water partition coefficient (Wildman–Crippen LogP) is 4.05. The summed E-state index contributed by atoms with van der Waals surface area (Å²) in [5.41, 5.74) is 2.76. The molecule has 1 atom stereocenters. The maximum Gasteiger partial charge on any atom is 0.251 e. The van der Waals surface area contributed by atoms with E-state index in [-0.39, 0.29) is 11.9 Å². The number of hydrogen-bond donors (Lipinski definition) is 3. The predicted molar refractivity (Wildman–Crippen MR) is 130 cm³/mol. The first-order valence-corrected chi connectivity index (χ1v) is 11.3. The topological polar surface area (TPSA) is 84.0 Å². The van der Waals surface area contributed by atoms with Crippen LogP contribution in [0.2, 0.25) is 0 Å². The lowest BCUT2D eigenvalue weighted by atomic mass is 10.1. The minimum Gasteiger partial charge on any atom is -0.490 e. The molecule has 0 fully saturated rings. The number of nitrogens with zero attached hydrogens (tertiary/aromatic N) is 1. The fourth-order valence-electron chi connectivity index (χ4n) is 3.14. The summed E-state index contributed by atoms with van der Waals surface area (Å²) in [7, 11) is 0. The third kappa shape index (κ3) is 7.48. The van der Waals surface area contributed by atoms with Gasteiger partial charge < -0.3 is 25.4 Å². The van der Waals surface area contributed by atoms with E-state index < -0.39 is 0 Å². The standard InChI is InChI=1S/C25H36N4O3/c1-6-26-24(30)20-12-10-19(11-13-20)17-28-25(27-7-2)29-18(5)21-14-15-22(31-8-3)23(16-21)32-9-4/h10-16,18H,6-9,17H2,1-5H3,(H,26,30)(H2,27,28,29). The molecule has 0 aliphatic heterocycles. The Kier molecular flexibility index (Phi) is 10.4. The van der Waals surface area contributed by atoms with Crippen molar-refractivity contribution >= 4 is 11.9 Å². The molecule has 0 aromatic heterocycles. The average molecular weight is 441 g/mol. The zero-order chi connectivity index (χ0) is 23.3. The van der Waals surface area contributed by atoms with E-state index in [4.69, 9.17) is 14.5 Å². The zero-order valence-corrected chi connectivity index (χ0v) is 19.8. The molecule has 174 valence electrons. The third-order valence-electron chi connectivity index (χ3n) is 4.74. The first-order chi connectivity index (χ1) is 15.5. The van der Waals surface area contributed by atoms with Crippen LogP contribution in [0.25, 0.3) is 0 Å². The smallest absolute Gasteiger partial charge is 0.251 e.